The Labute approximate surface area is 305 Å². The number of amides is 1. The van der Waals surface area contributed by atoms with Gasteiger partial charge in [0.1, 0.15) is 12.9 Å². The fraction of sp³-hybridized carbons (Fsp3) is 0.429. The summed E-state index contributed by atoms with van der Waals surface area (Å²) in [6.45, 7) is 1.61. The topological polar surface area (TPSA) is 134 Å². The van der Waals surface area contributed by atoms with Crippen molar-refractivity contribution in [3.63, 3.8) is 0 Å². The predicted molar refractivity (Wildman–Crippen MR) is 183 cm³/mol. The molecule has 284 valence electrons. The summed E-state index contributed by atoms with van der Waals surface area (Å²) in [6.07, 6.45) is -0.0974. The van der Waals surface area contributed by atoms with Gasteiger partial charge in [0.25, 0.3) is 5.91 Å². The van der Waals surface area contributed by atoms with Crippen molar-refractivity contribution >= 4 is 29.4 Å². The van der Waals surface area contributed by atoms with Crippen LogP contribution in [0.3, 0.4) is 0 Å². The summed E-state index contributed by atoms with van der Waals surface area (Å²) in [5, 5.41) is 11.0. The molecular formula is C35H37ClF6N8O3. The molecule has 53 heavy (non-hydrogen) atoms. The molecule has 4 aromatic rings. The zero-order valence-corrected chi connectivity index (χ0v) is 30.0. The summed E-state index contributed by atoms with van der Waals surface area (Å²) in [4.78, 5) is 33.7. The van der Waals surface area contributed by atoms with Crippen molar-refractivity contribution in [3.05, 3.63) is 77.3 Å². The average Bonchev–Trinajstić information content (AvgIpc) is 3.81. The lowest BCUT2D eigenvalue weighted by molar-refractivity contribution is -0.152. The highest BCUT2D eigenvalue weighted by Gasteiger charge is 2.53. The number of ether oxygens (including phenoxy) is 1. The Morgan fingerprint density at radius 2 is 1.66 bits per heavy atom. The van der Waals surface area contributed by atoms with Crippen molar-refractivity contribution in [1.29, 1.82) is 0 Å². The van der Waals surface area contributed by atoms with Gasteiger partial charge in [0.2, 0.25) is 6.43 Å². The number of rotatable bonds is 13. The summed E-state index contributed by atoms with van der Waals surface area (Å²) in [5.41, 5.74) is 4.20. The highest BCUT2D eigenvalue weighted by molar-refractivity contribution is 6.33. The number of nitrogens with zero attached hydrogens (tertiary/aromatic N) is 7. The third kappa shape index (κ3) is 8.19. The number of carbonyl (C=O) groups is 2. The number of hydrogen-bond donors (Lipinski definition) is 1. The first-order chi connectivity index (χ1) is 24.7. The van der Waals surface area contributed by atoms with Crippen LogP contribution in [0, 0.1) is 10.8 Å². The Hall–Kier alpha value is -4.93. The Balaban J connectivity index is 1.59. The van der Waals surface area contributed by atoms with E-state index in [0.717, 1.165) is 11.2 Å². The van der Waals surface area contributed by atoms with Crippen molar-refractivity contribution in [1.82, 2.24) is 29.4 Å². The van der Waals surface area contributed by atoms with Crippen LogP contribution in [0.15, 0.2) is 66.2 Å². The molecule has 5 rings (SSSR count). The van der Waals surface area contributed by atoms with Crippen LogP contribution in [-0.4, -0.2) is 60.3 Å². The molecule has 2 aromatic heterocycles. The molecule has 1 aliphatic rings. The Bertz CT molecular complexity index is 1990. The molecule has 0 saturated carbocycles. The number of hydrogen-bond acceptors (Lipinski definition) is 8. The molecule has 3 heterocycles. The maximum Gasteiger partial charge on any atom is 0.333 e. The van der Waals surface area contributed by atoms with Gasteiger partial charge in [-0.05, 0) is 40.7 Å². The van der Waals surface area contributed by atoms with Crippen LogP contribution in [0.2, 0.25) is 5.02 Å². The van der Waals surface area contributed by atoms with Gasteiger partial charge in [-0.15, -0.1) is 10.2 Å². The lowest BCUT2D eigenvalue weighted by atomic mass is 9.75. The highest BCUT2D eigenvalue weighted by Crippen LogP contribution is 2.46. The second-order valence-corrected chi connectivity index (χ2v) is 15.0. The molecule has 0 aliphatic carbocycles. The molecule has 11 nitrogen and oxygen atoms in total. The molecule has 2 aromatic carbocycles. The Morgan fingerprint density at radius 3 is 2.25 bits per heavy atom. The number of halogens is 7. The Kier molecular flexibility index (Phi) is 11.0. The van der Waals surface area contributed by atoms with E-state index < -0.39 is 66.8 Å². The highest BCUT2D eigenvalue weighted by atomic mass is 35.5. The van der Waals surface area contributed by atoms with Gasteiger partial charge in [0.15, 0.2) is 17.3 Å². The second kappa shape index (κ2) is 14.8. The van der Waals surface area contributed by atoms with Crippen LogP contribution < -0.4 is 5.73 Å². The van der Waals surface area contributed by atoms with E-state index in [1.54, 1.807) is 24.3 Å². The maximum atomic E-state index is 14.9. The van der Waals surface area contributed by atoms with Gasteiger partial charge in [-0.1, -0.05) is 76.6 Å². The zero-order chi connectivity index (χ0) is 39.0. The van der Waals surface area contributed by atoms with Crippen LogP contribution in [0.4, 0.5) is 26.3 Å². The summed E-state index contributed by atoms with van der Waals surface area (Å²) < 4.78 is 87.8. The minimum Gasteiger partial charge on any atom is -0.463 e. The minimum atomic E-state index is -3.03. The van der Waals surface area contributed by atoms with Crippen LogP contribution in [0.5, 0.6) is 0 Å². The summed E-state index contributed by atoms with van der Waals surface area (Å²) in [5.74, 6) is -2.19. The molecule has 0 unspecified atom stereocenters. The molecule has 1 aliphatic heterocycles. The number of nitrogens with two attached hydrogens (primary N) is 1. The molecule has 0 saturated heterocycles. The van der Waals surface area contributed by atoms with Crippen LogP contribution >= 0.6 is 11.6 Å². The quantitative estimate of drug-likeness (QED) is 0.108. The van der Waals surface area contributed by atoms with E-state index in [2.05, 4.69) is 15.3 Å². The van der Waals surface area contributed by atoms with E-state index >= 15 is 0 Å². The van der Waals surface area contributed by atoms with E-state index in [9.17, 15) is 35.9 Å². The van der Waals surface area contributed by atoms with E-state index in [-0.39, 0.29) is 34.4 Å². The lowest BCUT2D eigenvalue weighted by Gasteiger charge is -2.35. The average molecular weight is 767 g/mol. The van der Waals surface area contributed by atoms with Gasteiger partial charge in [0, 0.05) is 22.7 Å². The number of alkyl halides is 6. The van der Waals surface area contributed by atoms with Gasteiger partial charge >= 0.3 is 19.1 Å². The molecule has 0 bridgehead atoms. The van der Waals surface area contributed by atoms with E-state index in [1.807, 2.05) is 20.8 Å². The first-order valence-corrected chi connectivity index (χ1v) is 16.7. The van der Waals surface area contributed by atoms with Gasteiger partial charge in [0.05, 0.1) is 23.7 Å². The molecule has 0 spiro atoms. The van der Waals surface area contributed by atoms with Gasteiger partial charge in [-0.2, -0.15) is 22.7 Å². The third-order valence-corrected chi connectivity index (χ3v) is 9.04. The minimum absolute atomic E-state index is 0.00555. The SMILES string of the molecule is CC(C)(C)C[C@]1(c2ccc(-c3cnn(C(F)F)c3)cc2)N=C(N)N([C@H](COC(=O)CC(C)(C)C(F)F)c2ccc(Cl)c(-c3nncn3C(F)F)c2)C1=O. The number of aliphatic imine (C=N–C) groups is 1. The van der Waals surface area contributed by atoms with Crippen molar-refractivity contribution in [3.8, 4) is 22.5 Å². The molecule has 18 heteroatoms. The largest absolute Gasteiger partial charge is 0.463 e. The fourth-order valence-corrected chi connectivity index (χ4v) is 6.30. The first kappa shape index (κ1) is 39.3. The first-order valence-electron chi connectivity index (χ1n) is 16.3. The number of guanidine groups is 1. The van der Waals surface area contributed by atoms with Gasteiger partial charge < -0.3 is 10.5 Å². The number of aromatic nitrogens is 5. The fourth-order valence-electron chi connectivity index (χ4n) is 6.10. The monoisotopic (exact) mass is 766 g/mol. The van der Waals surface area contributed by atoms with Gasteiger partial charge in [-0.3, -0.25) is 19.1 Å². The zero-order valence-electron chi connectivity index (χ0n) is 29.3. The maximum absolute atomic E-state index is 14.9. The number of esters is 1. The summed E-state index contributed by atoms with van der Waals surface area (Å²) >= 11 is 6.43. The normalized spacial score (nSPS) is 17.3. The molecule has 2 N–H and O–H groups in total. The van der Waals surface area contributed by atoms with Crippen molar-refractivity contribution in [2.75, 3.05) is 6.61 Å². The van der Waals surface area contributed by atoms with Crippen LogP contribution in [0.25, 0.3) is 22.5 Å². The molecular weight excluding hydrogens is 730 g/mol. The summed E-state index contributed by atoms with van der Waals surface area (Å²) in [7, 11) is 0. The van der Waals surface area contributed by atoms with E-state index in [1.165, 1.54) is 44.4 Å². The smallest absolute Gasteiger partial charge is 0.333 e. The second-order valence-electron chi connectivity index (χ2n) is 14.6. The van der Waals surface area contributed by atoms with Crippen molar-refractivity contribution in [2.24, 2.45) is 21.6 Å². The van der Waals surface area contributed by atoms with Crippen molar-refractivity contribution < 1.29 is 40.7 Å². The third-order valence-electron chi connectivity index (χ3n) is 8.71. The van der Waals surface area contributed by atoms with Gasteiger partial charge in [-0.25, -0.2) is 18.5 Å². The molecule has 1 amide bonds. The number of carbonyl (C=O) groups excluding carboxylic acids is 2. The standard InChI is InChI=1S/C35H37ClF6N8O3/c1-33(2,3)17-35(22-9-6-19(7-10-22)21-14-45-49(15-21)31(41)42)29(52)50(32(43)46-35)25(16-53-26(51)13-34(4,5)28(37)38)20-8-11-24(36)23(12-20)27-47-44-18-48(27)30(39)40/h6-12,14-15,18,25,28,30-31H,13,16-17H2,1-5H3,(H2,43,46)/t25-,35-/m1/s1. The predicted octanol–water partition coefficient (Wildman–Crippen LogP) is 8.01. The van der Waals surface area contributed by atoms with Crippen LogP contribution in [0.1, 0.15) is 77.7 Å². The molecule has 0 radical (unpaired) electrons. The Morgan fingerprint density at radius 1 is 0.981 bits per heavy atom. The number of benzene rings is 2. The van der Waals surface area contributed by atoms with Crippen molar-refractivity contribution in [2.45, 2.75) is 78.6 Å². The van der Waals surface area contributed by atoms with E-state index in [0.29, 0.717) is 25.9 Å². The lowest BCUT2D eigenvalue weighted by Crippen LogP contribution is -2.47. The summed E-state index contributed by atoms with van der Waals surface area (Å²) in [6, 6.07) is 9.45. The van der Waals surface area contributed by atoms with E-state index in [4.69, 9.17) is 27.1 Å². The van der Waals surface area contributed by atoms with Crippen LogP contribution in [-0.2, 0) is 19.9 Å². The molecule has 2 atom stereocenters. The molecule has 0 fully saturated rings.